The van der Waals surface area contributed by atoms with Gasteiger partial charge < -0.3 is 19.6 Å². The summed E-state index contributed by atoms with van der Waals surface area (Å²) in [6.45, 7) is 15.0. The van der Waals surface area contributed by atoms with Gasteiger partial charge in [-0.15, -0.1) is 0 Å². The summed E-state index contributed by atoms with van der Waals surface area (Å²) in [6.07, 6.45) is -0.876. The standard InChI is InChI=1S/C18H31O5P/c1-11(23-24(21)22)18(8,20)12-9-13(16(2,3)4)15(19)14(10-12)17(5,6)7/h9-11,19-20,24H,1-8H3,(H,21,22). The van der Waals surface area contributed by atoms with Gasteiger partial charge in [-0.2, -0.15) is 0 Å². The van der Waals surface area contributed by atoms with Crippen LogP contribution in [0.25, 0.3) is 0 Å². The van der Waals surface area contributed by atoms with Gasteiger partial charge in [-0.25, -0.2) is 0 Å². The van der Waals surface area contributed by atoms with Gasteiger partial charge in [0.25, 0.3) is 0 Å². The Bertz CT molecular complexity index is 588. The Morgan fingerprint density at radius 2 is 1.38 bits per heavy atom. The van der Waals surface area contributed by atoms with Crippen LogP contribution >= 0.6 is 8.25 Å². The molecule has 138 valence electrons. The molecule has 0 aliphatic heterocycles. The number of benzene rings is 1. The predicted octanol–water partition coefficient (Wildman–Crippen LogP) is 3.98. The summed E-state index contributed by atoms with van der Waals surface area (Å²) in [5, 5.41) is 21.7. The lowest BCUT2D eigenvalue weighted by Crippen LogP contribution is -2.36. The van der Waals surface area contributed by atoms with E-state index >= 15 is 0 Å². The van der Waals surface area contributed by atoms with Crippen molar-refractivity contribution in [3.63, 3.8) is 0 Å². The van der Waals surface area contributed by atoms with Crippen LogP contribution in [0.5, 0.6) is 5.75 Å². The summed E-state index contributed by atoms with van der Waals surface area (Å²) >= 11 is 0. The summed E-state index contributed by atoms with van der Waals surface area (Å²) in [5.41, 5.74) is -0.152. The van der Waals surface area contributed by atoms with Gasteiger partial charge in [0.05, 0.1) is 6.10 Å². The Morgan fingerprint density at radius 1 is 1.00 bits per heavy atom. The molecule has 1 aromatic rings. The zero-order chi connectivity index (χ0) is 19.1. The molecular formula is C18H31O5P. The number of aromatic hydroxyl groups is 1. The van der Waals surface area contributed by atoms with Crippen LogP contribution in [0.1, 0.15) is 72.1 Å². The Kier molecular flexibility index (Phi) is 6.00. The molecule has 3 unspecified atom stereocenters. The van der Waals surface area contributed by atoms with Gasteiger partial charge in [-0.3, -0.25) is 4.57 Å². The van der Waals surface area contributed by atoms with Crippen LogP contribution in [0, 0.1) is 0 Å². The van der Waals surface area contributed by atoms with Crippen molar-refractivity contribution in [2.45, 2.75) is 77.9 Å². The topological polar surface area (TPSA) is 87.0 Å². The molecule has 0 fully saturated rings. The van der Waals surface area contributed by atoms with E-state index in [1.807, 2.05) is 41.5 Å². The second-order valence-electron chi connectivity index (χ2n) is 8.59. The summed E-state index contributed by atoms with van der Waals surface area (Å²) in [6, 6.07) is 3.50. The van der Waals surface area contributed by atoms with E-state index < -0.39 is 20.0 Å². The number of hydrogen-bond donors (Lipinski definition) is 3. The number of phenols is 1. The van der Waals surface area contributed by atoms with Gasteiger partial charge in [0.15, 0.2) is 0 Å². The highest BCUT2D eigenvalue weighted by Crippen LogP contribution is 2.43. The fourth-order valence-corrected chi connectivity index (χ4v) is 3.10. The first-order valence-electron chi connectivity index (χ1n) is 8.09. The summed E-state index contributed by atoms with van der Waals surface area (Å²) in [7, 11) is -3.17. The molecule has 0 heterocycles. The summed E-state index contributed by atoms with van der Waals surface area (Å²) in [5.74, 6) is 0.221. The molecule has 3 N–H and O–H groups in total. The first-order chi connectivity index (χ1) is 10.6. The quantitative estimate of drug-likeness (QED) is 0.709. The number of aliphatic hydroxyl groups is 1. The van der Waals surface area contributed by atoms with E-state index in [4.69, 9.17) is 9.42 Å². The number of hydrogen-bond acceptors (Lipinski definition) is 4. The van der Waals surface area contributed by atoms with Crippen molar-refractivity contribution in [3.05, 3.63) is 28.8 Å². The first kappa shape index (κ1) is 21.2. The SMILES string of the molecule is CC(O[PH](=O)O)C(C)(O)c1cc(C(C)(C)C)c(O)c(C(C)(C)C)c1. The molecule has 0 amide bonds. The fourth-order valence-electron chi connectivity index (χ4n) is 2.57. The van der Waals surface area contributed by atoms with Crippen LogP contribution in [0.2, 0.25) is 0 Å². The van der Waals surface area contributed by atoms with Crippen LogP contribution in [0.15, 0.2) is 12.1 Å². The van der Waals surface area contributed by atoms with E-state index in [-0.39, 0.29) is 16.6 Å². The molecule has 6 heteroatoms. The molecule has 0 aliphatic rings. The maximum absolute atomic E-state index is 11.0. The highest BCUT2D eigenvalue weighted by Gasteiger charge is 2.36. The van der Waals surface area contributed by atoms with Gasteiger partial charge in [-0.1, -0.05) is 41.5 Å². The van der Waals surface area contributed by atoms with Crippen LogP contribution in [0.4, 0.5) is 0 Å². The van der Waals surface area contributed by atoms with E-state index in [0.717, 1.165) is 0 Å². The molecule has 3 atom stereocenters. The largest absolute Gasteiger partial charge is 0.507 e. The average Bonchev–Trinajstić information content (AvgIpc) is 2.34. The summed E-state index contributed by atoms with van der Waals surface area (Å²) < 4.78 is 15.9. The molecule has 1 aromatic carbocycles. The maximum Gasteiger partial charge on any atom is 0.316 e. The summed E-state index contributed by atoms with van der Waals surface area (Å²) in [4.78, 5) is 9.02. The van der Waals surface area contributed by atoms with Gasteiger partial charge in [-0.05, 0) is 53.5 Å². The second kappa shape index (κ2) is 6.80. The minimum absolute atomic E-state index is 0.221. The molecule has 0 saturated heterocycles. The van der Waals surface area contributed by atoms with Gasteiger partial charge in [0.2, 0.25) is 0 Å². The monoisotopic (exact) mass is 358 g/mol. The number of phenolic OH excluding ortho intramolecular Hbond substituents is 1. The van der Waals surface area contributed by atoms with Crippen LogP contribution < -0.4 is 0 Å². The van der Waals surface area contributed by atoms with Gasteiger partial charge in [0, 0.05) is 0 Å². The lowest BCUT2D eigenvalue weighted by molar-refractivity contribution is -0.0450. The molecular weight excluding hydrogens is 327 g/mol. The van der Waals surface area contributed by atoms with Gasteiger partial charge in [0.1, 0.15) is 11.4 Å². The predicted molar refractivity (Wildman–Crippen MR) is 96.8 cm³/mol. The van der Waals surface area contributed by atoms with Crippen molar-refractivity contribution < 1.29 is 24.2 Å². The minimum Gasteiger partial charge on any atom is -0.507 e. The normalized spacial score (nSPS) is 18.1. The lowest BCUT2D eigenvalue weighted by Gasteiger charge is -2.34. The highest BCUT2D eigenvalue weighted by atomic mass is 31.1. The molecule has 0 radical (unpaired) electrons. The van der Waals surface area contributed by atoms with E-state index in [9.17, 15) is 14.8 Å². The Balaban J connectivity index is 3.62. The molecule has 0 spiro atoms. The zero-order valence-electron chi connectivity index (χ0n) is 15.9. The van der Waals surface area contributed by atoms with Crippen molar-refractivity contribution in [1.82, 2.24) is 0 Å². The molecule has 5 nitrogen and oxygen atoms in total. The van der Waals surface area contributed by atoms with E-state index in [0.29, 0.717) is 16.7 Å². The van der Waals surface area contributed by atoms with Crippen molar-refractivity contribution >= 4 is 8.25 Å². The molecule has 0 bridgehead atoms. The molecule has 24 heavy (non-hydrogen) atoms. The number of rotatable bonds is 4. The Labute approximate surface area is 145 Å². The molecule has 0 aliphatic carbocycles. The van der Waals surface area contributed by atoms with Crippen molar-refractivity contribution in [3.8, 4) is 5.75 Å². The second-order valence-corrected chi connectivity index (χ2v) is 9.36. The lowest BCUT2D eigenvalue weighted by atomic mass is 9.76. The smallest absolute Gasteiger partial charge is 0.316 e. The van der Waals surface area contributed by atoms with Crippen LogP contribution in [-0.4, -0.2) is 21.2 Å². The minimum atomic E-state index is -3.17. The van der Waals surface area contributed by atoms with Crippen molar-refractivity contribution in [2.24, 2.45) is 0 Å². The Hall–Kier alpha value is -0.870. The fraction of sp³-hybridized carbons (Fsp3) is 0.667. The third kappa shape index (κ3) is 4.60. The zero-order valence-corrected chi connectivity index (χ0v) is 16.9. The van der Waals surface area contributed by atoms with E-state index in [1.54, 1.807) is 26.0 Å². The molecule has 1 rings (SSSR count). The van der Waals surface area contributed by atoms with Crippen LogP contribution in [-0.2, 0) is 25.5 Å². The highest BCUT2D eigenvalue weighted by molar-refractivity contribution is 7.32. The van der Waals surface area contributed by atoms with E-state index in [2.05, 4.69) is 0 Å². The Morgan fingerprint density at radius 3 is 1.67 bits per heavy atom. The third-order valence-electron chi connectivity index (χ3n) is 4.38. The first-order valence-corrected chi connectivity index (χ1v) is 9.35. The average molecular weight is 358 g/mol. The van der Waals surface area contributed by atoms with Crippen molar-refractivity contribution in [1.29, 1.82) is 0 Å². The van der Waals surface area contributed by atoms with Gasteiger partial charge >= 0.3 is 8.25 Å². The molecule has 0 saturated carbocycles. The molecule has 0 aromatic heterocycles. The van der Waals surface area contributed by atoms with E-state index in [1.165, 1.54) is 0 Å². The third-order valence-corrected chi connectivity index (χ3v) is 4.93. The van der Waals surface area contributed by atoms with Crippen LogP contribution in [0.3, 0.4) is 0 Å². The van der Waals surface area contributed by atoms with Crippen molar-refractivity contribution in [2.75, 3.05) is 0 Å². The maximum atomic E-state index is 11.0.